The number of aryl methyl sites for hydroxylation is 1. The standard InChI is InChI=1S/C16H13Cl2N3O3S/c1-21-16(12(9-19-21)10-5-3-2-4-6-10)20-25(23,24)14-8-11(17)7-13(18)15(14)22/h2-9,20,22H,1H3. The molecule has 1 aromatic heterocycles. The monoisotopic (exact) mass is 397 g/mol. The van der Waals surface area contributed by atoms with E-state index in [1.807, 2.05) is 30.3 Å². The number of nitrogens with one attached hydrogen (secondary N) is 1. The first-order valence-electron chi connectivity index (χ1n) is 7.08. The molecule has 25 heavy (non-hydrogen) atoms. The minimum absolute atomic E-state index is 0.0939. The molecule has 3 aromatic rings. The first-order chi connectivity index (χ1) is 11.8. The van der Waals surface area contributed by atoms with Gasteiger partial charge in [0.25, 0.3) is 10.0 Å². The Labute approximate surface area is 154 Å². The molecule has 0 aliphatic heterocycles. The molecular formula is C16H13Cl2N3O3S. The summed E-state index contributed by atoms with van der Waals surface area (Å²) in [5, 5.41) is 14.1. The first kappa shape index (κ1) is 17.6. The normalized spacial score (nSPS) is 11.5. The predicted octanol–water partition coefficient (Wildman–Crippen LogP) is 3.90. The number of anilines is 1. The fraction of sp³-hybridized carbons (Fsp3) is 0.0625. The van der Waals surface area contributed by atoms with Crippen LogP contribution in [-0.4, -0.2) is 23.3 Å². The Balaban J connectivity index is 2.08. The maximum absolute atomic E-state index is 12.7. The fourth-order valence-corrected chi connectivity index (χ4v) is 4.18. The average Bonchev–Trinajstić information content (AvgIpc) is 2.92. The second-order valence-electron chi connectivity index (χ2n) is 5.24. The summed E-state index contributed by atoms with van der Waals surface area (Å²) in [6.07, 6.45) is 1.55. The van der Waals surface area contributed by atoms with Gasteiger partial charge in [0, 0.05) is 17.6 Å². The number of phenols is 1. The highest BCUT2D eigenvalue weighted by atomic mass is 35.5. The van der Waals surface area contributed by atoms with Crippen molar-refractivity contribution in [2.45, 2.75) is 4.90 Å². The van der Waals surface area contributed by atoms with Crippen LogP contribution in [0.3, 0.4) is 0 Å². The van der Waals surface area contributed by atoms with Crippen LogP contribution in [0.15, 0.2) is 53.6 Å². The Kier molecular flexibility index (Phi) is 4.64. The van der Waals surface area contributed by atoms with Gasteiger partial charge in [-0.25, -0.2) is 8.42 Å². The largest absolute Gasteiger partial charge is 0.505 e. The number of hydrogen-bond donors (Lipinski definition) is 2. The summed E-state index contributed by atoms with van der Waals surface area (Å²) in [7, 11) is -2.54. The van der Waals surface area contributed by atoms with E-state index in [0.717, 1.165) is 11.6 Å². The number of rotatable bonds is 4. The van der Waals surface area contributed by atoms with Crippen LogP contribution in [0, 0.1) is 0 Å². The summed E-state index contributed by atoms with van der Waals surface area (Å²) in [5.41, 5.74) is 1.39. The van der Waals surface area contributed by atoms with Crippen molar-refractivity contribution in [2.75, 3.05) is 4.72 Å². The van der Waals surface area contributed by atoms with Gasteiger partial charge in [0.05, 0.1) is 11.2 Å². The van der Waals surface area contributed by atoms with Crippen LogP contribution in [-0.2, 0) is 17.1 Å². The van der Waals surface area contributed by atoms with Crippen LogP contribution in [0.1, 0.15) is 0 Å². The molecule has 2 aromatic carbocycles. The number of aromatic nitrogens is 2. The molecule has 0 saturated heterocycles. The van der Waals surface area contributed by atoms with Crippen molar-refractivity contribution < 1.29 is 13.5 Å². The van der Waals surface area contributed by atoms with Crippen molar-refractivity contribution in [1.82, 2.24) is 9.78 Å². The summed E-state index contributed by atoms with van der Waals surface area (Å²) in [6, 6.07) is 11.6. The highest BCUT2D eigenvalue weighted by Gasteiger charge is 2.24. The number of hydrogen-bond acceptors (Lipinski definition) is 4. The van der Waals surface area contributed by atoms with Crippen molar-refractivity contribution in [2.24, 2.45) is 7.05 Å². The van der Waals surface area contributed by atoms with Gasteiger partial charge in [0.15, 0.2) is 5.75 Å². The van der Waals surface area contributed by atoms with Gasteiger partial charge in [0.2, 0.25) is 0 Å². The van der Waals surface area contributed by atoms with E-state index in [-0.39, 0.29) is 15.9 Å². The first-order valence-corrected chi connectivity index (χ1v) is 9.32. The molecule has 0 bridgehead atoms. The summed E-state index contributed by atoms with van der Waals surface area (Å²) >= 11 is 11.7. The molecule has 0 saturated carbocycles. The predicted molar refractivity (Wildman–Crippen MR) is 97.6 cm³/mol. The van der Waals surface area contributed by atoms with Crippen LogP contribution < -0.4 is 4.72 Å². The van der Waals surface area contributed by atoms with Crippen LogP contribution in [0.25, 0.3) is 11.1 Å². The van der Waals surface area contributed by atoms with Gasteiger partial charge in [-0.3, -0.25) is 9.40 Å². The summed E-state index contributed by atoms with van der Waals surface area (Å²) in [5.74, 6) is -0.316. The molecule has 0 radical (unpaired) electrons. The fourth-order valence-electron chi connectivity index (χ4n) is 2.32. The molecule has 0 spiro atoms. The highest BCUT2D eigenvalue weighted by Crippen LogP contribution is 2.36. The Morgan fingerprint density at radius 1 is 1.16 bits per heavy atom. The lowest BCUT2D eigenvalue weighted by Crippen LogP contribution is -2.16. The van der Waals surface area contributed by atoms with Gasteiger partial charge in [0.1, 0.15) is 10.7 Å². The van der Waals surface area contributed by atoms with E-state index in [9.17, 15) is 13.5 Å². The van der Waals surface area contributed by atoms with E-state index in [1.165, 1.54) is 10.7 Å². The van der Waals surface area contributed by atoms with Crippen molar-refractivity contribution in [3.05, 3.63) is 58.7 Å². The number of sulfonamides is 1. The van der Waals surface area contributed by atoms with Gasteiger partial charge in [-0.05, 0) is 17.7 Å². The molecule has 0 unspecified atom stereocenters. The third kappa shape index (κ3) is 3.44. The SMILES string of the molecule is Cn1ncc(-c2ccccc2)c1NS(=O)(=O)c1cc(Cl)cc(Cl)c1O. The maximum atomic E-state index is 12.7. The minimum atomic E-state index is -4.14. The van der Waals surface area contributed by atoms with E-state index < -0.39 is 20.7 Å². The number of benzene rings is 2. The summed E-state index contributed by atoms with van der Waals surface area (Å²) in [4.78, 5) is -0.412. The Bertz CT molecular complexity index is 1030. The number of nitrogens with zero attached hydrogens (tertiary/aromatic N) is 2. The van der Waals surface area contributed by atoms with Gasteiger partial charge in [-0.1, -0.05) is 53.5 Å². The lowest BCUT2D eigenvalue weighted by atomic mass is 10.1. The van der Waals surface area contributed by atoms with Crippen LogP contribution >= 0.6 is 23.2 Å². The molecule has 1 heterocycles. The molecule has 0 amide bonds. The van der Waals surface area contributed by atoms with Crippen LogP contribution in [0.4, 0.5) is 5.82 Å². The lowest BCUT2D eigenvalue weighted by molar-refractivity contribution is 0.459. The molecule has 0 aliphatic carbocycles. The molecule has 3 rings (SSSR count). The van der Waals surface area contributed by atoms with E-state index >= 15 is 0 Å². The smallest absolute Gasteiger partial charge is 0.266 e. The zero-order chi connectivity index (χ0) is 18.2. The highest BCUT2D eigenvalue weighted by molar-refractivity contribution is 7.92. The van der Waals surface area contributed by atoms with Crippen LogP contribution in [0.2, 0.25) is 10.0 Å². The van der Waals surface area contributed by atoms with Crippen molar-refractivity contribution in [1.29, 1.82) is 0 Å². The van der Waals surface area contributed by atoms with E-state index in [0.29, 0.717) is 5.56 Å². The zero-order valence-electron chi connectivity index (χ0n) is 12.9. The molecular weight excluding hydrogens is 385 g/mol. The Morgan fingerprint density at radius 3 is 2.52 bits per heavy atom. The third-order valence-corrected chi connectivity index (χ3v) is 5.40. The summed E-state index contributed by atoms with van der Waals surface area (Å²) in [6.45, 7) is 0. The zero-order valence-corrected chi connectivity index (χ0v) is 15.3. The topological polar surface area (TPSA) is 84.2 Å². The molecule has 0 atom stereocenters. The Hall–Kier alpha value is -2.22. The molecule has 6 nitrogen and oxygen atoms in total. The van der Waals surface area contributed by atoms with Gasteiger partial charge < -0.3 is 5.11 Å². The number of aromatic hydroxyl groups is 1. The van der Waals surface area contributed by atoms with Gasteiger partial charge in [-0.2, -0.15) is 5.10 Å². The molecule has 0 fully saturated rings. The number of phenolic OH excluding ortho intramolecular Hbond substituents is 1. The van der Waals surface area contributed by atoms with E-state index in [2.05, 4.69) is 9.82 Å². The molecule has 0 aliphatic rings. The van der Waals surface area contributed by atoms with Gasteiger partial charge in [-0.15, -0.1) is 0 Å². The molecule has 130 valence electrons. The quantitative estimate of drug-likeness (QED) is 0.698. The second kappa shape index (κ2) is 6.59. The van der Waals surface area contributed by atoms with Crippen molar-refractivity contribution in [3.8, 4) is 16.9 Å². The van der Waals surface area contributed by atoms with Crippen molar-refractivity contribution >= 4 is 39.0 Å². The van der Waals surface area contributed by atoms with Gasteiger partial charge >= 0.3 is 0 Å². The summed E-state index contributed by atoms with van der Waals surface area (Å²) < 4.78 is 29.3. The van der Waals surface area contributed by atoms with Crippen LogP contribution in [0.5, 0.6) is 5.75 Å². The van der Waals surface area contributed by atoms with E-state index in [4.69, 9.17) is 23.2 Å². The Morgan fingerprint density at radius 2 is 1.84 bits per heavy atom. The number of halogens is 2. The van der Waals surface area contributed by atoms with Crippen molar-refractivity contribution in [3.63, 3.8) is 0 Å². The van der Waals surface area contributed by atoms with E-state index in [1.54, 1.807) is 13.2 Å². The minimum Gasteiger partial charge on any atom is -0.505 e. The molecule has 2 N–H and O–H groups in total. The lowest BCUT2D eigenvalue weighted by Gasteiger charge is -2.12. The third-order valence-electron chi connectivity index (χ3n) is 3.54. The second-order valence-corrected chi connectivity index (χ2v) is 7.73. The maximum Gasteiger partial charge on any atom is 0.266 e. The average molecular weight is 398 g/mol. The molecule has 9 heteroatoms.